The van der Waals surface area contributed by atoms with E-state index in [1.54, 1.807) is 0 Å². The summed E-state index contributed by atoms with van der Waals surface area (Å²) in [7, 11) is 0. The van der Waals surface area contributed by atoms with Crippen LogP contribution in [-0.2, 0) is 0 Å². The number of hydrogen-bond acceptors (Lipinski definition) is 1. The first kappa shape index (κ1) is 8.10. The fraction of sp³-hybridized carbons (Fsp3) is 0.909. The molecule has 0 aromatic rings. The van der Waals surface area contributed by atoms with Gasteiger partial charge in [0, 0.05) is 6.42 Å². The summed E-state index contributed by atoms with van der Waals surface area (Å²) in [5, 5.41) is 8.61. The molecule has 0 aliphatic heterocycles. The number of fused-ring (bicyclic) bond motifs is 1. The van der Waals surface area contributed by atoms with Crippen LogP contribution in [-0.4, -0.2) is 0 Å². The minimum Gasteiger partial charge on any atom is -0.198 e. The van der Waals surface area contributed by atoms with Crippen molar-refractivity contribution in [1.82, 2.24) is 0 Å². The third kappa shape index (κ3) is 1.48. The van der Waals surface area contributed by atoms with Crippen molar-refractivity contribution in [1.29, 1.82) is 5.26 Å². The van der Waals surface area contributed by atoms with E-state index in [0.29, 0.717) is 0 Å². The second-order valence-corrected chi connectivity index (χ2v) is 4.50. The van der Waals surface area contributed by atoms with Crippen molar-refractivity contribution in [3.8, 4) is 6.07 Å². The minimum absolute atomic E-state index is 0.753. The zero-order chi connectivity index (χ0) is 8.39. The molecule has 0 spiro atoms. The third-order valence-corrected chi connectivity index (χ3v) is 3.72. The monoisotopic (exact) mass is 163 g/mol. The first-order valence-electron chi connectivity index (χ1n) is 5.27. The van der Waals surface area contributed by atoms with Crippen LogP contribution in [0.2, 0.25) is 0 Å². The predicted octanol–water partition coefficient (Wildman–Crippen LogP) is 3.12. The van der Waals surface area contributed by atoms with Gasteiger partial charge in [-0.15, -0.1) is 0 Å². The molecule has 0 aromatic heterocycles. The van der Waals surface area contributed by atoms with Crippen molar-refractivity contribution >= 4 is 0 Å². The minimum atomic E-state index is 0.753. The Morgan fingerprint density at radius 2 is 1.67 bits per heavy atom. The van der Waals surface area contributed by atoms with Gasteiger partial charge in [0.2, 0.25) is 0 Å². The Morgan fingerprint density at radius 3 is 2.17 bits per heavy atom. The fourth-order valence-corrected chi connectivity index (χ4v) is 3.15. The fourth-order valence-electron chi connectivity index (χ4n) is 3.15. The Labute approximate surface area is 74.8 Å². The maximum absolute atomic E-state index is 8.61. The standard InChI is InChI=1S/C11H17N/c12-6-5-9-7-10-3-1-2-4-11(10)8-9/h9-11H,1-5,7-8H2. The number of nitrogens with zero attached hydrogens (tertiary/aromatic N) is 1. The molecular formula is C11H17N. The van der Waals surface area contributed by atoms with E-state index in [1.807, 2.05) is 0 Å². The predicted molar refractivity (Wildman–Crippen MR) is 48.4 cm³/mol. The molecule has 2 unspecified atom stereocenters. The van der Waals surface area contributed by atoms with Crippen molar-refractivity contribution in [3.05, 3.63) is 0 Å². The molecule has 2 aliphatic carbocycles. The zero-order valence-corrected chi connectivity index (χ0v) is 7.63. The Morgan fingerprint density at radius 1 is 1.08 bits per heavy atom. The SMILES string of the molecule is N#CCC1CC2CCCCC2C1. The summed E-state index contributed by atoms with van der Waals surface area (Å²) in [6.45, 7) is 0. The number of nitriles is 1. The average Bonchev–Trinajstić information content (AvgIpc) is 2.47. The van der Waals surface area contributed by atoms with Crippen LogP contribution in [0.1, 0.15) is 44.9 Å². The van der Waals surface area contributed by atoms with E-state index < -0.39 is 0 Å². The van der Waals surface area contributed by atoms with Crippen LogP contribution in [0.5, 0.6) is 0 Å². The van der Waals surface area contributed by atoms with Gasteiger partial charge in [-0.1, -0.05) is 25.7 Å². The summed E-state index contributed by atoms with van der Waals surface area (Å²) in [5.74, 6) is 2.75. The summed E-state index contributed by atoms with van der Waals surface area (Å²) in [6.07, 6.45) is 9.32. The Hall–Kier alpha value is -0.510. The molecule has 0 saturated heterocycles. The zero-order valence-electron chi connectivity index (χ0n) is 7.63. The summed E-state index contributed by atoms with van der Waals surface area (Å²) < 4.78 is 0. The summed E-state index contributed by atoms with van der Waals surface area (Å²) in [4.78, 5) is 0. The molecule has 0 N–H and O–H groups in total. The van der Waals surface area contributed by atoms with E-state index in [1.165, 1.54) is 38.5 Å². The normalized spacial score (nSPS) is 40.4. The van der Waals surface area contributed by atoms with Gasteiger partial charge in [-0.3, -0.25) is 0 Å². The van der Waals surface area contributed by atoms with Crippen LogP contribution in [0.3, 0.4) is 0 Å². The van der Waals surface area contributed by atoms with E-state index in [4.69, 9.17) is 5.26 Å². The van der Waals surface area contributed by atoms with Gasteiger partial charge >= 0.3 is 0 Å². The van der Waals surface area contributed by atoms with Crippen LogP contribution in [0, 0.1) is 29.1 Å². The lowest BCUT2D eigenvalue weighted by atomic mass is 9.82. The topological polar surface area (TPSA) is 23.8 Å². The van der Waals surface area contributed by atoms with Crippen LogP contribution >= 0.6 is 0 Å². The Bertz CT molecular complexity index is 178. The van der Waals surface area contributed by atoms with Gasteiger partial charge in [0.1, 0.15) is 0 Å². The average molecular weight is 163 g/mol. The lowest BCUT2D eigenvalue weighted by Gasteiger charge is -2.24. The quantitative estimate of drug-likeness (QED) is 0.582. The van der Waals surface area contributed by atoms with Gasteiger partial charge in [0.05, 0.1) is 6.07 Å². The van der Waals surface area contributed by atoms with Crippen LogP contribution < -0.4 is 0 Å². The first-order valence-corrected chi connectivity index (χ1v) is 5.27. The maximum Gasteiger partial charge on any atom is 0.0624 e. The highest BCUT2D eigenvalue weighted by molar-refractivity contribution is 4.89. The van der Waals surface area contributed by atoms with Gasteiger partial charge in [0.15, 0.2) is 0 Å². The molecule has 2 atom stereocenters. The molecule has 2 saturated carbocycles. The molecule has 0 radical (unpaired) electrons. The second-order valence-electron chi connectivity index (χ2n) is 4.50. The summed E-state index contributed by atoms with van der Waals surface area (Å²) in [5.41, 5.74) is 0. The largest absolute Gasteiger partial charge is 0.198 e. The van der Waals surface area contributed by atoms with E-state index in [9.17, 15) is 0 Å². The molecule has 0 aromatic carbocycles. The van der Waals surface area contributed by atoms with Gasteiger partial charge in [-0.05, 0) is 30.6 Å². The molecule has 2 rings (SSSR count). The number of hydrogen-bond donors (Lipinski definition) is 0. The molecule has 1 nitrogen and oxygen atoms in total. The molecule has 0 amide bonds. The van der Waals surface area contributed by atoms with E-state index >= 15 is 0 Å². The molecule has 2 aliphatic rings. The molecule has 0 bridgehead atoms. The molecule has 1 heteroatoms. The lowest BCUT2D eigenvalue weighted by Crippen LogP contribution is -2.12. The summed E-state index contributed by atoms with van der Waals surface area (Å²) in [6, 6.07) is 2.32. The second kappa shape index (κ2) is 3.47. The van der Waals surface area contributed by atoms with Gasteiger partial charge in [0.25, 0.3) is 0 Å². The molecule has 12 heavy (non-hydrogen) atoms. The Kier molecular flexibility index (Phi) is 2.35. The first-order chi connectivity index (χ1) is 5.90. The van der Waals surface area contributed by atoms with Gasteiger partial charge in [-0.2, -0.15) is 5.26 Å². The van der Waals surface area contributed by atoms with E-state index in [0.717, 1.165) is 24.2 Å². The van der Waals surface area contributed by atoms with E-state index in [-0.39, 0.29) is 0 Å². The Balaban J connectivity index is 1.90. The van der Waals surface area contributed by atoms with Crippen molar-refractivity contribution in [3.63, 3.8) is 0 Å². The molecule has 2 fully saturated rings. The van der Waals surface area contributed by atoms with Crippen molar-refractivity contribution in [2.24, 2.45) is 17.8 Å². The van der Waals surface area contributed by atoms with Crippen molar-refractivity contribution in [2.75, 3.05) is 0 Å². The van der Waals surface area contributed by atoms with Crippen LogP contribution in [0.25, 0.3) is 0 Å². The van der Waals surface area contributed by atoms with Crippen LogP contribution in [0.15, 0.2) is 0 Å². The van der Waals surface area contributed by atoms with Gasteiger partial charge < -0.3 is 0 Å². The molecule has 66 valence electrons. The highest BCUT2D eigenvalue weighted by atomic mass is 14.4. The highest BCUT2D eigenvalue weighted by Crippen LogP contribution is 2.45. The lowest BCUT2D eigenvalue weighted by molar-refractivity contribution is 0.277. The molecule has 0 heterocycles. The maximum atomic E-state index is 8.61. The van der Waals surface area contributed by atoms with E-state index in [2.05, 4.69) is 6.07 Å². The molecular weight excluding hydrogens is 146 g/mol. The van der Waals surface area contributed by atoms with Gasteiger partial charge in [-0.25, -0.2) is 0 Å². The smallest absolute Gasteiger partial charge is 0.0624 e. The van der Waals surface area contributed by atoms with Crippen LogP contribution in [0.4, 0.5) is 0 Å². The number of rotatable bonds is 1. The highest BCUT2D eigenvalue weighted by Gasteiger charge is 2.34. The summed E-state index contributed by atoms with van der Waals surface area (Å²) >= 11 is 0. The van der Waals surface area contributed by atoms with Crippen molar-refractivity contribution in [2.45, 2.75) is 44.9 Å². The third-order valence-electron chi connectivity index (χ3n) is 3.72. The van der Waals surface area contributed by atoms with Crippen molar-refractivity contribution < 1.29 is 0 Å².